The molecule has 1 aromatic heterocycles. The van der Waals surface area contributed by atoms with Crippen LogP contribution in [0.2, 0.25) is 0 Å². The fraction of sp³-hybridized carbons (Fsp3) is 0.688. The fourth-order valence-electron chi connectivity index (χ4n) is 2.73. The molecule has 6 nitrogen and oxygen atoms in total. The molecular formula is C16H25N3O3. The summed E-state index contributed by atoms with van der Waals surface area (Å²) in [5.74, 6) is 0.0990. The number of aromatic nitrogens is 2. The average molecular weight is 307 g/mol. The number of aliphatic hydroxyl groups is 1. The highest BCUT2D eigenvalue weighted by atomic mass is 16.3. The number of carbonyl (C=O) groups is 1. The highest BCUT2D eigenvalue weighted by Crippen LogP contribution is 2.20. The molecular weight excluding hydrogens is 282 g/mol. The van der Waals surface area contributed by atoms with E-state index in [4.69, 9.17) is 0 Å². The van der Waals surface area contributed by atoms with Crippen molar-refractivity contribution in [3.8, 4) is 0 Å². The van der Waals surface area contributed by atoms with Gasteiger partial charge in [-0.05, 0) is 19.8 Å². The van der Waals surface area contributed by atoms with E-state index in [1.165, 1.54) is 0 Å². The number of amides is 1. The van der Waals surface area contributed by atoms with Gasteiger partial charge in [0.25, 0.3) is 11.5 Å². The van der Waals surface area contributed by atoms with Gasteiger partial charge in [0.15, 0.2) is 0 Å². The molecule has 122 valence electrons. The summed E-state index contributed by atoms with van der Waals surface area (Å²) in [6, 6.07) is -0.289. The Balaban J connectivity index is 2.25. The summed E-state index contributed by atoms with van der Waals surface area (Å²) in [4.78, 5) is 31.7. The van der Waals surface area contributed by atoms with Crippen LogP contribution in [-0.2, 0) is 5.41 Å². The summed E-state index contributed by atoms with van der Waals surface area (Å²) < 4.78 is 0. The predicted octanol–water partition coefficient (Wildman–Crippen LogP) is 1.41. The number of nitrogens with zero attached hydrogens (tertiary/aromatic N) is 1. The zero-order valence-corrected chi connectivity index (χ0v) is 13.7. The lowest BCUT2D eigenvalue weighted by Gasteiger charge is -2.28. The lowest BCUT2D eigenvalue weighted by atomic mass is 9.92. The molecule has 0 spiro atoms. The molecule has 0 saturated heterocycles. The molecule has 1 saturated carbocycles. The van der Waals surface area contributed by atoms with Crippen LogP contribution in [-0.4, -0.2) is 33.1 Å². The van der Waals surface area contributed by atoms with Crippen LogP contribution in [0.5, 0.6) is 0 Å². The van der Waals surface area contributed by atoms with Gasteiger partial charge in [0.05, 0.1) is 17.8 Å². The maximum absolute atomic E-state index is 12.4. The van der Waals surface area contributed by atoms with E-state index >= 15 is 0 Å². The van der Waals surface area contributed by atoms with Crippen molar-refractivity contribution in [2.24, 2.45) is 0 Å². The first-order valence-electron chi connectivity index (χ1n) is 7.80. The Hall–Kier alpha value is -1.69. The van der Waals surface area contributed by atoms with Crippen molar-refractivity contribution < 1.29 is 9.90 Å². The number of rotatable bonds is 2. The van der Waals surface area contributed by atoms with Gasteiger partial charge in [-0.15, -0.1) is 0 Å². The van der Waals surface area contributed by atoms with Gasteiger partial charge < -0.3 is 15.4 Å². The van der Waals surface area contributed by atoms with Crippen LogP contribution in [0.3, 0.4) is 0 Å². The van der Waals surface area contributed by atoms with Gasteiger partial charge in [-0.2, -0.15) is 0 Å². The minimum absolute atomic E-state index is 0.0331. The minimum Gasteiger partial charge on any atom is -0.391 e. The molecule has 0 bridgehead atoms. The molecule has 0 aromatic carbocycles. The number of H-pyrrole nitrogens is 1. The largest absolute Gasteiger partial charge is 0.391 e. The zero-order chi connectivity index (χ0) is 16.5. The standard InChI is InChI=1S/C16H25N3O3/c1-9-12(14(22)19-15(17-9)16(2,3)4)13(21)18-10-7-5-6-8-11(10)20/h10-11,20H,5-8H2,1-4H3,(H,18,21)(H,17,19,22). The first-order chi connectivity index (χ1) is 10.2. The van der Waals surface area contributed by atoms with Crippen LogP contribution in [0.25, 0.3) is 0 Å². The van der Waals surface area contributed by atoms with Crippen LogP contribution < -0.4 is 10.9 Å². The number of aliphatic hydroxyl groups excluding tert-OH is 1. The maximum Gasteiger partial charge on any atom is 0.264 e. The van der Waals surface area contributed by atoms with E-state index in [2.05, 4.69) is 15.3 Å². The van der Waals surface area contributed by atoms with E-state index in [0.717, 1.165) is 19.3 Å². The predicted molar refractivity (Wildman–Crippen MR) is 84.0 cm³/mol. The molecule has 1 aliphatic carbocycles. The molecule has 6 heteroatoms. The SMILES string of the molecule is Cc1nc(C(C)(C)C)[nH]c(=O)c1C(=O)NC1CCCCC1O. The van der Waals surface area contributed by atoms with Crippen LogP contribution in [0.15, 0.2) is 4.79 Å². The molecule has 3 N–H and O–H groups in total. The molecule has 1 heterocycles. The third kappa shape index (κ3) is 3.55. The van der Waals surface area contributed by atoms with Crippen LogP contribution >= 0.6 is 0 Å². The highest BCUT2D eigenvalue weighted by Gasteiger charge is 2.27. The lowest BCUT2D eigenvalue weighted by Crippen LogP contribution is -2.46. The Bertz CT molecular complexity index is 616. The monoisotopic (exact) mass is 307 g/mol. The third-order valence-corrected chi connectivity index (χ3v) is 4.08. The normalized spacial score (nSPS) is 22.4. The van der Waals surface area contributed by atoms with E-state index in [1.807, 2.05) is 20.8 Å². The van der Waals surface area contributed by atoms with Gasteiger partial charge in [0.2, 0.25) is 0 Å². The van der Waals surface area contributed by atoms with E-state index in [0.29, 0.717) is 17.9 Å². The highest BCUT2D eigenvalue weighted by molar-refractivity contribution is 5.95. The van der Waals surface area contributed by atoms with Gasteiger partial charge in [-0.1, -0.05) is 33.6 Å². The average Bonchev–Trinajstić information content (AvgIpc) is 2.39. The second-order valence-electron chi connectivity index (χ2n) is 7.06. The van der Waals surface area contributed by atoms with E-state index in [9.17, 15) is 14.7 Å². The molecule has 2 unspecified atom stereocenters. The Morgan fingerprint density at radius 1 is 1.32 bits per heavy atom. The van der Waals surface area contributed by atoms with Crippen molar-refractivity contribution in [2.45, 2.75) is 70.9 Å². The van der Waals surface area contributed by atoms with Crippen LogP contribution in [0.1, 0.15) is 68.3 Å². The van der Waals surface area contributed by atoms with Crippen molar-refractivity contribution in [1.82, 2.24) is 15.3 Å². The minimum atomic E-state index is -0.543. The summed E-state index contributed by atoms with van der Waals surface area (Å²) >= 11 is 0. The molecule has 1 aliphatic rings. The van der Waals surface area contributed by atoms with Crippen molar-refractivity contribution in [2.75, 3.05) is 0 Å². The number of nitrogens with one attached hydrogen (secondary N) is 2. The van der Waals surface area contributed by atoms with Crippen LogP contribution in [0.4, 0.5) is 0 Å². The van der Waals surface area contributed by atoms with E-state index in [1.54, 1.807) is 6.92 Å². The molecule has 2 rings (SSSR count). The molecule has 1 amide bonds. The molecule has 2 atom stereocenters. The lowest BCUT2D eigenvalue weighted by molar-refractivity contribution is 0.0715. The summed E-state index contributed by atoms with van der Waals surface area (Å²) in [6.07, 6.45) is 2.81. The molecule has 0 aliphatic heterocycles. The number of aromatic amines is 1. The number of hydrogen-bond donors (Lipinski definition) is 3. The third-order valence-electron chi connectivity index (χ3n) is 4.08. The van der Waals surface area contributed by atoms with E-state index < -0.39 is 17.6 Å². The first kappa shape index (κ1) is 16.7. The van der Waals surface area contributed by atoms with Crippen molar-refractivity contribution in [1.29, 1.82) is 0 Å². The van der Waals surface area contributed by atoms with Gasteiger partial charge in [0, 0.05) is 5.41 Å². The Kier molecular flexibility index (Phi) is 4.70. The Morgan fingerprint density at radius 3 is 2.50 bits per heavy atom. The number of carbonyl (C=O) groups excluding carboxylic acids is 1. The van der Waals surface area contributed by atoms with E-state index in [-0.39, 0.29) is 17.0 Å². The smallest absolute Gasteiger partial charge is 0.264 e. The second-order valence-corrected chi connectivity index (χ2v) is 7.06. The maximum atomic E-state index is 12.4. The second kappa shape index (κ2) is 6.20. The molecule has 22 heavy (non-hydrogen) atoms. The molecule has 1 aromatic rings. The Labute approximate surface area is 130 Å². The van der Waals surface area contributed by atoms with Gasteiger partial charge in [-0.25, -0.2) is 4.98 Å². The Morgan fingerprint density at radius 2 is 1.95 bits per heavy atom. The van der Waals surface area contributed by atoms with Gasteiger partial charge in [0.1, 0.15) is 11.4 Å². The summed E-state index contributed by atoms with van der Waals surface area (Å²) in [7, 11) is 0. The molecule has 0 radical (unpaired) electrons. The summed E-state index contributed by atoms with van der Waals surface area (Å²) in [5.41, 5.74) is -0.277. The molecule has 1 fully saturated rings. The number of aryl methyl sites for hydroxylation is 1. The summed E-state index contributed by atoms with van der Waals surface area (Å²) in [6.45, 7) is 7.51. The topological polar surface area (TPSA) is 95.1 Å². The van der Waals surface area contributed by atoms with Crippen molar-refractivity contribution in [3.63, 3.8) is 0 Å². The summed E-state index contributed by atoms with van der Waals surface area (Å²) in [5, 5.41) is 12.7. The quantitative estimate of drug-likeness (QED) is 0.770. The van der Waals surface area contributed by atoms with Crippen molar-refractivity contribution >= 4 is 5.91 Å². The zero-order valence-electron chi connectivity index (χ0n) is 13.7. The first-order valence-corrected chi connectivity index (χ1v) is 7.80. The number of hydrogen-bond acceptors (Lipinski definition) is 4. The van der Waals surface area contributed by atoms with Crippen molar-refractivity contribution in [3.05, 3.63) is 27.4 Å². The van der Waals surface area contributed by atoms with Gasteiger partial charge >= 0.3 is 0 Å². The van der Waals surface area contributed by atoms with Crippen LogP contribution in [0, 0.1) is 6.92 Å². The fourth-order valence-corrected chi connectivity index (χ4v) is 2.73. The van der Waals surface area contributed by atoms with Gasteiger partial charge in [-0.3, -0.25) is 9.59 Å².